The third-order valence-corrected chi connectivity index (χ3v) is 3.42. The first-order chi connectivity index (χ1) is 9.16. The standard InChI is InChI=1S/C12H20N4O3/c17-10-3-2-9(8-14-10)15-11(18)12(19)16-6-1-4-13-5-7-16/h9,13H,1-8H2,(H,14,17)(H,15,18). The summed E-state index contributed by atoms with van der Waals surface area (Å²) in [5.74, 6) is -1.04. The van der Waals surface area contributed by atoms with Gasteiger partial charge in [-0.3, -0.25) is 14.4 Å². The molecule has 7 heteroatoms. The Morgan fingerprint density at radius 2 is 2.11 bits per heavy atom. The van der Waals surface area contributed by atoms with Gasteiger partial charge in [-0.05, 0) is 19.4 Å². The molecule has 3 amide bonds. The maximum atomic E-state index is 12.0. The smallest absolute Gasteiger partial charge is 0.311 e. The van der Waals surface area contributed by atoms with Crippen LogP contribution in [0, 0.1) is 0 Å². The normalized spacial score (nSPS) is 24.3. The van der Waals surface area contributed by atoms with Gasteiger partial charge in [-0.25, -0.2) is 0 Å². The van der Waals surface area contributed by atoms with E-state index in [2.05, 4.69) is 16.0 Å². The molecule has 0 aromatic rings. The molecule has 0 aromatic heterocycles. The average molecular weight is 268 g/mol. The summed E-state index contributed by atoms with van der Waals surface area (Å²) >= 11 is 0. The minimum Gasteiger partial charge on any atom is -0.354 e. The molecular weight excluding hydrogens is 248 g/mol. The molecule has 0 aliphatic carbocycles. The van der Waals surface area contributed by atoms with Gasteiger partial charge in [0.05, 0.1) is 0 Å². The number of hydrogen-bond acceptors (Lipinski definition) is 4. The zero-order chi connectivity index (χ0) is 13.7. The summed E-state index contributed by atoms with van der Waals surface area (Å²) in [6.07, 6.45) is 1.84. The van der Waals surface area contributed by atoms with Crippen LogP contribution in [0.1, 0.15) is 19.3 Å². The zero-order valence-electron chi connectivity index (χ0n) is 10.9. The Hall–Kier alpha value is -1.63. The van der Waals surface area contributed by atoms with Crippen LogP contribution in [0.3, 0.4) is 0 Å². The first-order valence-corrected chi connectivity index (χ1v) is 6.74. The van der Waals surface area contributed by atoms with E-state index >= 15 is 0 Å². The molecule has 19 heavy (non-hydrogen) atoms. The van der Waals surface area contributed by atoms with E-state index in [9.17, 15) is 14.4 Å². The summed E-state index contributed by atoms with van der Waals surface area (Å²) in [5.41, 5.74) is 0. The predicted octanol–water partition coefficient (Wildman–Crippen LogP) is -1.80. The Morgan fingerprint density at radius 3 is 2.84 bits per heavy atom. The number of nitrogens with one attached hydrogen (secondary N) is 3. The van der Waals surface area contributed by atoms with E-state index in [0.29, 0.717) is 32.5 Å². The quantitative estimate of drug-likeness (QED) is 0.490. The molecule has 2 aliphatic heterocycles. The SMILES string of the molecule is O=C1CCC(NC(=O)C(=O)N2CCCNCC2)CN1. The summed E-state index contributed by atoms with van der Waals surface area (Å²) in [5, 5.41) is 8.55. The van der Waals surface area contributed by atoms with Crippen LogP contribution in [0.25, 0.3) is 0 Å². The lowest BCUT2D eigenvalue weighted by Crippen LogP contribution is -2.52. The fraction of sp³-hybridized carbons (Fsp3) is 0.750. The minimum absolute atomic E-state index is 0.00424. The second-order valence-corrected chi connectivity index (χ2v) is 4.91. The number of amides is 3. The van der Waals surface area contributed by atoms with Gasteiger partial charge in [0.25, 0.3) is 0 Å². The molecule has 1 unspecified atom stereocenters. The van der Waals surface area contributed by atoms with E-state index in [0.717, 1.165) is 19.5 Å². The van der Waals surface area contributed by atoms with Crippen molar-refractivity contribution in [2.75, 3.05) is 32.7 Å². The van der Waals surface area contributed by atoms with Crippen LogP contribution < -0.4 is 16.0 Å². The Morgan fingerprint density at radius 1 is 1.26 bits per heavy atom. The number of nitrogens with zero attached hydrogens (tertiary/aromatic N) is 1. The molecule has 2 saturated heterocycles. The van der Waals surface area contributed by atoms with E-state index in [-0.39, 0.29) is 11.9 Å². The third kappa shape index (κ3) is 3.92. The highest BCUT2D eigenvalue weighted by molar-refractivity contribution is 6.35. The van der Waals surface area contributed by atoms with Crippen LogP contribution in [-0.4, -0.2) is 61.4 Å². The fourth-order valence-electron chi connectivity index (χ4n) is 2.30. The molecule has 1 atom stereocenters. The number of rotatable bonds is 1. The molecule has 0 radical (unpaired) electrons. The summed E-state index contributed by atoms with van der Waals surface area (Å²) in [7, 11) is 0. The van der Waals surface area contributed by atoms with Crippen LogP contribution in [0.2, 0.25) is 0 Å². The van der Waals surface area contributed by atoms with E-state index in [1.54, 1.807) is 4.90 Å². The van der Waals surface area contributed by atoms with Crippen molar-refractivity contribution in [2.45, 2.75) is 25.3 Å². The van der Waals surface area contributed by atoms with Crippen molar-refractivity contribution in [1.82, 2.24) is 20.9 Å². The highest BCUT2D eigenvalue weighted by Crippen LogP contribution is 2.03. The second-order valence-electron chi connectivity index (χ2n) is 4.91. The number of piperidine rings is 1. The average Bonchev–Trinajstić information content (AvgIpc) is 2.69. The van der Waals surface area contributed by atoms with E-state index < -0.39 is 11.8 Å². The monoisotopic (exact) mass is 268 g/mol. The molecule has 2 heterocycles. The number of carbonyl (C=O) groups excluding carboxylic acids is 3. The highest BCUT2D eigenvalue weighted by Gasteiger charge is 2.26. The van der Waals surface area contributed by atoms with Gasteiger partial charge in [0.1, 0.15) is 0 Å². The lowest BCUT2D eigenvalue weighted by molar-refractivity contribution is -0.146. The summed E-state index contributed by atoms with van der Waals surface area (Å²) < 4.78 is 0. The Labute approximate surface area is 112 Å². The molecule has 3 N–H and O–H groups in total. The molecule has 7 nitrogen and oxygen atoms in total. The topological polar surface area (TPSA) is 90.5 Å². The highest BCUT2D eigenvalue weighted by atomic mass is 16.2. The first kappa shape index (κ1) is 13.8. The van der Waals surface area contributed by atoms with Gasteiger partial charge >= 0.3 is 11.8 Å². The van der Waals surface area contributed by atoms with Crippen molar-refractivity contribution >= 4 is 17.7 Å². The van der Waals surface area contributed by atoms with Gasteiger partial charge in [0.2, 0.25) is 5.91 Å². The summed E-state index contributed by atoms with van der Waals surface area (Å²) in [4.78, 5) is 36.4. The van der Waals surface area contributed by atoms with Gasteiger partial charge in [-0.2, -0.15) is 0 Å². The van der Waals surface area contributed by atoms with Gasteiger partial charge in [-0.15, -0.1) is 0 Å². The minimum atomic E-state index is -0.567. The number of hydrogen-bond donors (Lipinski definition) is 3. The maximum absolute atomic E-state index is 12.0. The number of carbonyl (C=O) groups is 3. The molecule has 2 rings (SSSR count). The molecule has 0 bridgehead atoms. The van der Waals surface area contributed by atoms with Crippen LogP contribution in [0.4, 0.5) is 0 Å². The molecule has 106 valence electrons. The van der Waals surface area contributed by atoms with Crippen LogP contribution in [0.5, 0.6) is 0 Å². The van der Waals surface area contributed by atoms with Gasteiger partial charge < -0.3 is 20.9 Å². The molecule has 0 aromatic carbocycles. The lowest BCUT2D eigenvalue weighted by atomic mass is 10.1. The van der Waals surface area contributed by atoms with Crippen molar-refractivity contribution in [3.63, 3.8) is 0 Å². The van der Waals surface area contributed by atoms with Crippen molar-refractivity contribution in [2.24, 2.45) is 0 Å². The predicted molar refractivity (Wildman–Crippen MR) is 68.2 cm³/mol. The van der Waals surface area contributed by atoms with Crippen molar-refractivity contribution in [1.29, 1.82) is 0 Å². The molecule has 0 saturated carbocycles. The van der Waals surface area contributed by atoms with E-state index in [4.69, 9.17) is 0 Å². The molecular formula is C12H20N4O3. The van der Waals surface area contributed by atoms with Gasteiger partial charge in [0.15, 0.2) is 0 Å². The molecule has 2 fully saturated rings. The Balaban J connectivity index is 1.81. The van der Waals surface area contributed by atoms with Crippen LogP contribution in [0.15, 0.2) is 0 Å². The van der Waals surface area contributed by atoms with Crippen molar-refractivity contribution in [3.05, 3.63) is 0 Å². The van der Waals surface area contributed by atoms with E-state index in [1.165, 1.54) is 0 Å². The van der Waals surface area contributed by atoms with Crippen LogP contribution >= 0.6 is 0 Å². The second kappa shape index (κ2) is 6.51. The van der Waals surface area contributed by atoms with Crippen LogP contribution in [-0.2, 0) is 14.4 Å². The zero-order valence-corrected chi connectivity index (χ0v) is 10.9. The van der Waals surface area contributed by atoms with Gasteiger partial charge in [-0.1, -0.05) is 0 Å². The largest absolute Gasteiger partial charge is 0.354 e. The van der Waals surface area contributed by atoms with Crippen molar-refractivity contribution in [3.8, 4) is 0 Å². The summed E-state index contributed by atoms with van der Waals surface area (Å²) in [6, 6.07) is -0.140. The Kier molecular flexibility index (Phi) is 4.73. The summed E-state index contributed by atoms with van der Waals surface area (Å²) in [6.45, 7) is 3.17. The Bertz CT molecular complexity index is 354. The van der Waals surface area contributed by atoms with Crippen molar-refractivity contribution < 1.29 is 14.4 Å². The van der Waals surface area contributed by atoms with Gasteiger partial charge in [0, 0.05) is 38.6 Å². The molecule has 0 spiro atoms. The first-order valence-electron chi connectivity index (χ1n) is 6.74. The third-order valence-electron chi connectivity index (χ3n) is 3.42. The fourth-order valence-corrected chi connectivity index (χ4v) is 2.30. The maximum Gasteiger partial charge on any atom is 0.311 e. The molecule has 2 aliphatic rings. The van der Waals surface area contributed by atoms with E-state index in [1.807, 2.05) is 0 Å². The lowest BCUT2D eigenvalue weighted by Gasteiger charge is -2.25.